The van der Waals surface area contributed by atoms with Crippen molar-refractivity contribution in [2.45, 2.75) is 109 Å². The van der Waals surface area contributed by atoms with Crippen molar-refractivity contribution in [1.29, 1.82) is 0 Å². The molecule has 2 unspecified atom stereocenters. The predicted octanol–water partition coefficient (Wildman–Crippen LogP) is 7.12. The summed E-state index contributed by atoms with van der Waals surface area (Å²) >= 11 is 0. The van der Waals surface area contributed by atoms with Crippen LogP contribution in [-0.2, 0) is 0 Å². The van der Waals surface area contributed by atoms with E-state index in [0.717, 1.165) is 23.7 Å². The van der Waals surface area contributed by atoms with E-state index in [9.17, 15) is 0 Å². The van der Waals surface area contributed by atoms with E-state index in [-0.39, 0.29) is 0 Å². The first-order valence-corrected chi connectivity index (χ1v) is 10.4. The van der Waals surface area contributed by atoms with Crippen molar-refractivity contribution >= 4 is 0 Å². The Labute approximate surface area is 133 Å². The van der Waals surface area contributed by atoms with Crippen molar-refractivity contribution in [3.8, 4) is 0 Å². The Kier molecular flexibility index (Phi) is 6.49. The van der Waals surface area contributed by atoms with Gasteiger partial charge in [0.15, 0.2) is 0 Å². The molecule has 0 heteroatoms. The van der Waals surface area contributed by atoms with Gasteiger partial charge in [-0.05, 0) is 42.9 Å². The fraction of sp³-hybridized carbons (Fsp3) is 1.00. The first-order valence-electron chi connectivity index (χ1n) is 10.4. The van der Waals surface area contributed by atoms with Gasteiger partial charge in [0.25, 0.3) is 0 Å². The lowest BCUT2D eigenvalue weighted by Gasteiger charge is -2.34. The van der Waals surface area contributed by atoms with Gasteiger partial charge in [0.2, 0.25) is 0 Å². The fourth-order valence-electron chi connectivity index (χ4n) is 5.69. The molecule has 0 aromatic heterocycles. The van der Waals surface area contributed by atoms with Crippen LogP contribution in [0.15, 0.2) is 0 Å². The Balaban J connectivity index is 1.56. The van der Waals surface area contributed by atoms with Crippen LogP contribution >= 0.6 is 0 Å². The number of hydrogen-bond donors (Lipinski definition) is 0. The van der Waals surface area contributed by atoms with Crippen molar-refractivity contribution in [1.82, 2.24) is 0 Å². The quantitative estimate of drug-likeness (QED) is 0.445. The zero-order chi connectivity index (χ0) is 14.3. The van der Waals surface area contributed by atoms with Crippen molar-refractivity contribution in [3.63, 3.8) is 0 Å². The molecule has 4 saturated carbocycles. The van der Waals surface area contributed by atoms with Gasteiger partial charge < -0.3 is 0 Å². The highest BCUT2D eigenvalue weighted by Crippen LogP contribution is 2.42. The topological polar surface area (TPSA) is 0 Å². The van der Waals surface area contributed by atoms with Crippen LogP contribution in [0.3, 0.4) is 0 Å². The number of fused-ring (bicyclic) bond motifs is 9. The molecule has 122 valence electrons. The SMILES string of the molecule is C1CCCCC2CCC(CC2)C2CCCC(CCC1)CC2. The average molecular weight is 291 g/mol. The molecule has 0 radical (unpaired) electrons. The fourth-order valence-corrected chi connectivity index (χ4v) is 5.69. The van der Waals surface area contributed by atoms with Gasteiger partial charge in [-0.3, -0.25) is 0 Å². The Hall–Kier alpha value is 0. The van der Waals surface area contributed by atoms with E-state index < -0.39 is 0 Å². The Morgan fingerprint density at radius 1 is 0.286 bits per heavy atom. The minimum Gasteiger partial charge on any atom is -0.0533 e. The first kappa shape index (κ1) is 15.9. The summed E-state index contributed by atoms with van der Waals surface area (Å²) in [6.07, 6.45) is 26.4. The number of hydrogen-bond acceptors (Lipinski definition) is 0. The van der Waals surface area contributed by atoms with Crippen LogP contribution in [-0.4, -0.2) is 0 Å². The van der Waals surface area contributed by atoms with Crippen LogP contribution in [0.5, 0.6) is 0 Å². The second kappa shape index (κ2) is 8.59. The van der Waals surface area contributed by atoms with Crippen molar-refractivity contribution < 1.29 is 0 Å². The maximum absolute atomic E-state index is 1.58. The lowest BCUT2D eigenvalue weighted by atomic mass is 9.72. The largest absolute Gasteiger partial charge is 0.0533 e. The summed E-state index contributed by atoms with van der Waals surface area (Å²) in [5.41, 5.74) is 0. The molecule has 0 amide bonds. The van der Waals surface area contributed by atoms with Crippen LogP contribution < -0.4 is 0 Å². The average Bonchev–Trinajstić information content (AvgIpc) is 2.75. The summed E-state index contributed by atoms with van der Waals surface area (Å²) in [6, 6.07) is 0. The molecule has 0 saturated heterocycles. The molecule has 0 spiro atoms. The van der Waals surface area contributed by atoms with Gasteiger partial charge in [0, 0.05) is 0 Å². The Morgan fingerprint density at radius 3 is 1.33 bits per heavy atom. The summed E-state index contributed by atoms with van der Waals surface area (Å²) in [4.78, 5) is 0. The molecule has 0 aromatic carbocycles. The molecular weight excluding hydrogens is 252 g/mol. The van der Waals surface area contributed by atoms with E-state index in [1.165, 1.54) is 38.5 Å². The summed E-state index contributed by atoms with van der Waals surface area (Å²) in [7, 11) is 0. The predicted molar refractivity (Wildman–Crippen MR) is 92.4 cm³/mol. The summed E-state index contributed by atoms with van der Waals surface area (Å²) in [5.74, 6) is 4.43. The van der Waals surface area contributed by atoms with Gasteiger partial charge in [0.1, 0.15) is 0 Å². The van der Waals surface area contributed by atoms with Gasteiger partial charge in [0.05, 0.1) is 0 Å². The third-order valence-corrected chi connectivity index (χ3v) is 7.17. The first-order chi connectivity index (χ1) is 10.4. The minimum absolute atomic E-state index is 1.10. The zero-order valence-corrected chi connectivity index (χ0v) is 14.3. The van der Waals surface area contributed by atoms with E-state index in [2.05, 4.69) is 0 Å². The van der Waals surface area contributed by atoms with Gasteiger partial charge in [-0.25, -0.2) is 0 Å². The minimum atomic E-state index is 1.10. The molecule has 4 rings (SSSR count). The van der Waals surface area contributed by atoms with Crippen molar-refractivity contribution in [2.24, 2.45) is 23.7 Å². The lowest BCUT2D eigenvalue weighted by molar-refractivity contribution is 0.180. The maximum atomic E-state index is 1.58. The normalized spacial score (nSPS) is 40.0. The second-order valence-corrected chi connectivity index (χ2v) is 8.61. The summed E-state index contributed by atoms with van der Waals surface area (Å²) < 4.78 is 0. The summed E-state index contributed by atoms with van der Waals surface area (Å²) in [5, 5.41) is 0. The number of rotatable bonds is 0. The third kappa shape index (κ3) is 5.00. The van der Waals surface area contributed by atoms with Gasteiger partial charge in [-0.2, -0.15) is 0 Å². The zero-order valence-electron chi connectivity index (χ0n) is 14.3. The van der Waals surface area contributed by atoms with Crippen LogP contribution in [0.25, 0.3) is 0 Å². The van der Waals surface area contributed by atoms with E-state index in [4.69, 9.17) is 0 Å². The van der Waals surface area contributed by atoms with E-state index >= 15 is 0 Å². The van der Waals surface area contributed by atoms with Crippen LogP contribution in [0.4, 0.5) is 0 Å². The van der Waals surface area contributed by atoms with Crippen LogP contribution in [0.1, 0.15) is 109 Å². The molecule has 4 bridgehead atoms. The van der Waals surface area contributed by atoms with Gasteiger partial charge >= 0.3 is 0 Å². The van der Waals surface area contributed by atoms with E-state index in [0.29, 0.717) is 0 Å². The molecule has 4 fully saturated rings. The molecular formula is C21H38. The molecule has 0 N–H and O–H groups in total. The highest BCUT2D eigenvalue weighted by atomic mass is 14.3. The molecule has 0 heterocycles. The van der Waals surface area contributed by atoms with Crippen molar-refractivity contribution in [3.05, 3.63) is 0 Å². The standard InChI is InChI=1S/C21H38/c1-2-4-6-9-19-13-16-21(17-14-19)20-11-7-10-18(12-15-20)8-5-3-1/h18-21H,1-17H2. The third-order valence-electron chi connectivity index (χ3n) is 7.17. The highest BCUT2D eigenvalue weighted by Gasteiger charge is 2.29. The van der Waals surface area contributed by atoms with Gasteiger partial charge in [-0.15, -0.1) is 0 Å². The smallest absolute Gasteiger partial charge is 0.0386 e. The van der Waals surface area contributed by atoms with Crippen molar-refractivity contribution in [2.75, 3.05) is 0 Å². The Morgan fingerprint density at radius 2 is 0.714 bits per heavy atom. The van der Waals surface area contributed by atoms with Crippen LogP contribution in [0.2, 0.25) is 0 Å². The lowest BCUT2D eigenvalue weighted by Crippen LogP contribution is -2.21. The second-order valence-electron chi connectivity index (χ2n) is 8.61. The summed E-state index contributed by atoms with van der Waals surface area (Å²) in [6.45, 7) is 0. The Bertz CT molecular complexity index is 274. The molecule has 0 aromatic rings. The molecule has 0 aliphatic heterocycles. The van der Waals surface area contributed by atoms with Crippen LogP contribution in [0, 0.1) is 23.7 Å². The maximum Gasteiger partial charge on any atom is -0.0386 e. The monoisotopic (exact) mass is 290 g/mol. The molecule has 0 nitrogen and oxygen atoms in total. The van der Waals surface area contributed by atoms with E-state index in [1.807, 2.05) is 0 Å². The molecule has 4 aliphatic rings. The van der Waals surface area contributed by atoms with E-state index in [1.54, 1.807) is 70.6 Å². The molecule has 21 heavy (non-hydrogen) atoms. The molecule has 2 atom stereocenters. The molecule has 4 aliphatic carbocycles. The highest BCUT2D eigenvalue weighted by molar-refractivity contribution is 4.81. The van der Waals surface area contributed by atoms with Gasteiger partial charge in [-0.1, -0.05) is 89.9 Å².